The number of hydrogen-bond donors (Lipinski definition) is 0. The smallest absolute Gasteiger partial charge is 0.135 e. The van der Waals surface area contributed by atoms with Gasteiger partial charge in [-0.2, -0.15) is 0 Å². The minimum Gasteiger partial charge on any atom is -0.456 e. The third kappa shape index (κ3) is 3.52. The van der Waals surface area contributed by atoms with Crippen molar-refractivity contribution in [1.82, 2.24) is 0 Å². The number of fused-ring (bicyclic) bond motifs is 11. The van der Waals surface area contributed by atoms with Crippen molar-refractivity contribution in [3.8, 4) is 11.1 Å². The molecule has 0 N–H and O–H groups in total. The van der Waals surface area contributed by atoms with E-state index in [9.17, 15) is 0 Å². The molecule has 0 unspecified atom stereocenters. The van der Waals surface area contributed by atoms with Gasteiger partial charge in [0.25, 0.3) is 0 Å². The standard InChI is InChI=1S/C43H29NOS/c1-43(2)35-16-8-5-13-30(35)31-21-19-28(25-36(31)43)44(27-20-22-39-34(24-27)32-14-6-9-17-38(32)45-39)37-23-26-11-3-4-12-29(26)41-33-15-7-10-18-40(33)46-42(37)41/h3-25H,1-2H3. The number of rotatable bonds is 3. The second-order valence-corrected chi connectivity index (χ2v) is 14.0. The summed E-state index contributed by atoms with van der Waals surface area (Å²) in [4.78, 5) is 2.48. The molecule has 0 saturated heterocycles. The summed E-state index contributed by atoms with van der Waals surface area (Å²) in [5.41, 5.74) is 10.6. The number of anilines is 3. The molecular formula is C43H29NOS. The van der Waals surface area contributed by atoms with Gasteiger partial charge < -0.3 is 9.32 Å². The van der Waals surface area contributed by atoms with Crippen LogP contribution in [0.5, 0.6) is 0 Å². The SMILES string of the molecule is CC1(C)c2ccccc2-c2ccc(N(c3ccc4oc5ccccc5c4c3)c3cc4ccccc4c4c3sc3ccccc34)cc21. The Hall–Kier alpha value is -5.38. The Morgan fingerprint density at radius 3 is 2.13 bits per heavy atom. The van der Waals surface area contributed by atoms with Gasteiger partial charge in [0.15, 0.2) is 0 Å². The average molecular weight is 608 g/mol. The molecule has 9 aromatic rings. The lowest BCUT2D eigenvalue weighted by molar-refractivity contribution is 0.660. The van der Waals surface area contributed by atoms with Crippen molar-refractivity contribution in [1.29, 1.82) is 0 Å². The Morgan fingerprint density at radius 2 is 1.22 bits per heavy atom. The maximum absolute atomic E-state index is 6.27. The van der Waals surface area contributed by atoms with Crippen LogP contribution in [0, 0.1) is 0 Å². The molecule has 218 valence electrons. The zero-order valence-electron chi connectivity index (χ0n) is 25.5. The predicted molar refractivity (Wildman–Crippen MR) is 196 cm³/mol. The van der Waals surface area contributed by atoms with Crippen LogP contribution >= 0.6 is 11.3 Å². The van der Waals surface area contributed by atoms with E-state index in [1.807, 2.05) is 17.4 Å². The molecular weight excluding hydrogens is 579 g/mol. The second-order valence-electron chi connectivity index (χ2n) is 12.9. The van der Waals surface area contributed by atoms with Gasteiger partial charge in [-0.25, -0.2) is 0 Å². The summed E-state index contributed by atoms with van der Waals surface area (Å²) in [5.74, 6) is 0. The minimum absolute atomic E-state index is 0.103. The van der Waals surface area contributed by atoms with Gasteiger partial charge in [-0.05, 0) is 81.6 Å². The molecule has 0 aliphatic heterocycles. The molecule has 7 aromatic carbocycles. The number of para-hydroxylation sites is 1. The summed E-state index contributed by atoms with van der Waals surface area (Å²) in [6.45, 7) is 4.71. The Kier molecular flexibility index (Phi) is 5.25. The van der Waals surface area contributed by atoms with Gasteiger partial charge in [0.1, 0.15) is 11.2 Å². The van der Waals surface area contributed by atoms with Crippen molar-refractivity contribution in [3.05, 3.63) is 151 Å². The van der Waals surface area contributed by atoms with E-state index in [1.165, 1.54) is 58.9 Å². The quantitative estimate of drug-likeness (QED) is 0.199. The fourth-order valence-electron chi connectivity index (χ4n) is 7.83. The van der Waals surface area contributed by atoms with Crippen molar-refractivity contribution in [2.45, 2.75) is 19.3 Å². The molecule has 2 nitrogen and oxygen atoms in total. The van der Waals surface area contributed by atoms with Gasteiger partial charge in [0.2, 0.25) is 0 Å². The van der Waals surface area contributed by atoms with Crippen molar-refractivity contribution < 1.29 is 4.42 Å². The normalized spacial score (nSPS) is 13.6. The van der Waals surface area contributed by atoms with E-state index in [1.54, 1.807) is 0 Å². The summed E-state index contributed by atoms with van der Waals surface area (Å²) in [6, 6.07) is 51.0. The first kappa shape index (κ1) is 25.9. The molecule has 0 radical (unpaired) electrons. The first-order valence-corrected chi connectivity index (χ1v) is 16.7. The molecule has 2 heterocycles. The summed E-state index contributed by atoms with van der Waals surface area (Å²) < 4.78 is 8.87. The van der Waals surface area contributed by atoms with Crippen LogP contribution in [-0.4, -0.2) is 0 Å². The zero-order chi connectivity index (χ0) is 30.6. The maximum atomic E-state index is 6.27. The molecule has 10 rings (SSSR count). The molecule has 1 aliphatic carbocycles. The number of benzene rings is 7. The van der Waals surface area contributed by atoms with Crippen LogP contribution in [0.15, 0.2) is 144 Å². The molecule has 46 heavy (non-hydrogen) atoms. The highest BCUT2D eigenvalue weighted by Crippen LogP contribution is 2.53. The minimum atomic E-state index is -0.103. The summed E-state index contributed by atoms with van der Waals surface area (Å²) >= 11 is 1.88. The van der Waals surface area contributed by atoms with Crippen molar-refractivity contribution >= 4 is 81.3 Å². The Bertz CT molecular complexity index is 2690. The Labute approximate surface area is 270 Å². The molecule has 0 atom stereocenters. The van der Waals surface area contributed by atoms with Gasteiger partial charge in [0.05, 0.1) is 10.4 Å². The van der Waals surface area contributed by atoms with E-state index in [0.29, 0.717) is 0 Å². The van der Waals surface area contributed by atoms with E-state index in [2.05, 4.69) is 152 Å². The first-order valence-electron chi connectivity index (χ1n) is 15.9. The number of furan rings is 1. The highest BCUT2D eigenvalue weighted by atomic mass is 32.1. The molecule has 3 heteroatoms. The number of nitrogens with zero attached hydrogens (tertiary/aromatic N) is 1. The topological polar surface area (TPSA) is 16.4 Å². The Balaban J connectivity index is 1.30. The van der Waals surface area contributed by atoms with Crippen molar-refractivity contribution in [3.63, 3.8) is 0 Å². The van der Waals surface area contributed by atoms with Crippen LogP contribution in [0.25, 0.3) is 64.0 Å². The summed E-state index contributed by atoms with van der Waals surface area (Å²) in [7, 11) is 0. The fraction of sp³-hybridized carbons (Fsp3) is 0.0698. The molecule has 0 spiro atoms. The highest BCUT2D eigenvalue weighted by Gasteiger charge is 2.36. The molecule has 0 bridgehead atoms. The van der Waals surface area contributed by atoms with Gasteiger partial charge in [-0.1, -0.05) is 105 Å². The number of thiophene rings is 1. The predicted octanol–water partition coefficient (Wildman–Crippen LogP) is 12.9. The number of hydrogen-bond acceptors (Lipinski definition) is 3. The third-order valence-corrected chi connectivity index (χ3v) is 11.2. The van der Waals surface area contributed by atoms with Crippen LogP contribution in [0.1, 0.15) is 25.0 Å². The molecule has 0 amide bonds. The molecule has 2 aromatic heterocycles. The van der Waals surface area contributed by atoms with E-state index < -0.39 is 0 Å². The van der Waals surface area contributed by atoms with Crippen LogP contribution in [0.3, 0.4) is 0 Å². The van der Waals surface area contributed by atoms with Crippen LogP contribution in [0.2, 0.25) is 0 Å². The third-order valence-electron chi connectivity index (χ3n) is 10.0. The van der Waals surface area contributed by atoms with E-state index in [0.717, 1.165) is 33.3 Å². The highest BCUT2D eigenvalue weighted by molar-refractivity contribution is 7.26. The van der Waals surface area contributed by atoms with Crippen LogP contribution in [-0.2, 0) is 5.41 Å². The van der Waals surface area contributed by atoms with E-state index >= 15 is 0 Å². The molecule has 1 aliphatic rings. The summed E-state index contributed by atoms with van der Waals surface area (Å²) in [5, 5.41) is 7.42. The zero-order valence-corrected chi connectivity index (χ0v) is 26.4. The van der Waals surface area contributed by atoms with Crippen LogP contribution in [0.4, 0.5) is 17.1 Å². The molecule has 0 fully saturated rings. The van der Waals surface area contributed by atoms with Gasteiger partial charge in [-0.3, -0.25) is 0 Å². The molecule has 0 saturated carbocycles. The largest absolute Gasteiger partial charge is 0.456 e. The van der Waals surface area contributed by atoms with Crippen molar-refractivity contribution in [2.75, 3.05) is 4.90 Å². The summed E-state index contributed by atoms with van der Waals surface area (Å²) in [6.07, 6.45) is 0. The van der Waals surface area contributed by atoms with Crippen molar-refractivity contribution in [2.24, 2.45) is 0 Å². The van der Waals surface area contributed by atoms with E-state index in [4.69, 9.17) is 4.42 Å². The van der Waals surface area contributed by atoms with Crippen LogP contribution < -0.4 is 4.90 Å². The van der Waals surface area contributed by atoms with Gasteiger partial charge >= 0.3 is 0 Å². The fourth-order valence-corrected chi connectivity index (χ4v) is 9.06. The lowest BCUT2D eigenvalue weighted by Gasteiger charge is -2.29. The van der Waals surface area contributed by atoms with Gasteiger partial charge in [-0.15, -0.1) is 11.3 Å². The lowest BCUT2D eigenvalue weighted by Crippen LogP contribution is -2.16. The lowest BCUT2D eigenvalue weighted by atomic mass is 9.82. The van der Waals surface area contributed by atoms with Gasteiger partial charge in [0, 0.05) is 43.0 Å². The average Bonchev–Trinajstić information content (AvgIpc) is 3.74. The monoisotopic (exact) mass is 607 g/mol. The maximum Gasteiger partial charge on any atom is 0.135 e. The first-order chi connectivity index (χ1) is 22.6. The second kappa shape index (κ2) is 9.32. The Morgan fingerprint density at radius 1 is 0.543 bits per heavy atom. The van der Waals surface area contributed by atoms with E-state index in [-0.39, 0.29) is 5.41 Å².